The van der Waals surface area contributed by atoms with Crippen LogP contribution in [0, 0.1) is 13.8 Å². The summed E-state index contributed by atoms with van der Waals surface area (Å²) in [6, 6.07) is 8.36. The van der Waals surface area contributed by atoms with Gasteiger partial charge in [0.25, 0.3) is 5.91 Å². The number of aryl methyl sites for hydroxylation is 2. The van der Waals surface area contributed by atoms with E-state index >= 15 is 0 Å². The lowest BCUT2D eigenvalue weighted by Gasteiger charge is -2.25. The Morgan fingerprint density at radius 2 is 2.08 bits per heavy atom. The number of nitrogens with zero attached hydrogens (tertiary/aromatic N) is 3. The van der Waals surface area contributed by atoms with Gasteiger partial charge in [-0.15, -0.1) is 10.2 Å². The molecule has 3 aromatic rings. The maximum atomic E-state index is 12.5. The number of hydrogen-bond acceptors (Lipinski definition) is 4. The first-order chi connectivity index (χ1) is 11.6. The van der Waals surface area contributed by atoms with Gasteiger partial charge >= 0.3 is 0 Å². The third-order valence-electron chi connectivity index (χ3n) is 4.42. The van der Waals surface area contributed by atoms with Crippen LogP contribution >= 0.6 is 11.3 Å². The van der Waals surface area contributed by atoms with E-state index in [1.165, 1.54) is 33.6 Å². The lowest BCUT2D eigenvalue weighted by atomic mass is 9.96. The molecule has 3 heterocycles. The molecule has 0 spiro atoms. The average molecular weight is 338 g/mol. The van der Waals surface area contributed by atoms with Crippen LogP contribution in [-0.2, 0) is 0 Å². The number of H-pyrrole nitrogens is 1. The fourth-order valence-corrected chi connectivity index (χ4v) is 3.95. The first-order valence-corrected chi connectivity index (χ1v) is 8.81. The average Bonchev–Trinajstić information content (AvgIpc) is 3.17. The van der Waals surface area contributed by atoms with Crippen molar-refractivity contribution in [2.45, 2.75) is 20.3 Å². The highest BCUT2D eigenvalue weighted by Gasteiger charge is 2.23. The van der Waals surface area contributed by atoms with Crippen LogP contribution in [0.5, 0.6) is 0 Å². The Balaban J connectivity index is 1.60. The summed E-state index contributed by atoms with van der Waals surface area (Å²) in [5.74, 6) is -0.0217. The van der Waals surface area contributed by atoms with Gasteiger partial charge in [0.1, 0.15) is 5.01 Å². The number of hydrogen-bond donors (Lipinski definition) is 1. The van der Waals surface area contributed by atoms with Gasteiger partial charge in [-0.05, 0) is 31.9 Å². The van der Waals surface area contributed by atoms with Crippen molar-refractivity contribution in [3.8, 4) is 0 Å². The highest BCUT2D eigenvalue weighted by atomic mass is 32.1. The van der Waals surface area contributed by atoms with E-state index in [0.717, 1.165) is 16.9 Å². The lowest BCUT2D eigenvalue weighted by molar-refractivity contribution is 0.0771. The van der Waals surface area contributed by atoms with Crippen molar-refractivity contribution in [3.63, 3.8) is 0 Å². The van der Waals surface area contributed by atoms with Crippen molar-refractivity contribution in [1.29, 1.82) is 0 Å². The van der Waals surface area contributed by atoms with Crippen LogP contribution in [0.15, 0.2) is 30.3 Å². The van der Waals surface area contributed by atoms with Crippen molar-refractivity contribution < 1.29 is 4.79 Å². The Morgan fingerprint density at radius 1 is 1.25 bits per heavy atom. The molecule has 0 radical (unpaired) electrons. The molecule has 1 aromatic carbocycles. The monoisotopic (exact) mass is 338 g/mol. The summed E-state index contributed by atoms with van der Waals surface area (Å²) in [7, 11) is 0. The number of rotatable bonds is 2. The van der Waals surface area contributed by atoms with Crippen molar-refractivity contribution >= 4 is 33.7 Å². The Hall–Kier alpha value is -2.47. The summed E-state index contributed by atoms with van der Waals surface area (Å²) in [5, 5.41) is 10.5. The Bertz CT molecular complexity index is 953. The van der Waals surface area contributed by atoms with Crippen molar-refractivity contribution in [2.75, 3.05) is 13.1 Å². The molecule has 1 N–H and O–H groups in total. The molecule has 24 heavy (non-hydrogen) atoms. The molecular formula is C18H18N4OS. The van der Waals surface area contributed by atoms with Gasteiger partial charge in [0.2, 0.25) is 5.01 Å². The Morgan fingerprint density at radius 3 is 2.79 bits per heavy atom. The highest BCUT2D eigenvalue weighted by Crippen LogP contribution is 2.32. The van der Waals surface area contributed by atoms with Crippen LogP contribution in [-0.4, -0.2) is 39.1 Å². The maximum absolute atomic E-state index is 12.5. The molecule has 2 aromatic heterocycles. The predicted molar refractivity (Wildman–Crippen MR) is 96.2 cm³/mol. The normalized spacial score (nSPS) is 14.9. The number of carbonyl (C=O) groups is 1. The number of aromatic amines is 1. The number of nitrogens with one attached hydrogen (secondary N) is 1. The Labute approximate surface area is 144 Å². The molecule has 0 aliphatic carbocycles. The van der Waals surface area contributed by atoms with Gasteiger partial charge in [0.15, 0.2) is 0 Å². The topological polar surface area (TPSA) is 61.9 Å². The molecule has 0 fully saturated rings. The highest BCUT2D eigenvalue weighted by molar-refractivity contribution is 7.13. The minimum absolute atomic E-state index is 0.0217. The minimum Gasteiger partial charge on any atom is -0.358 e. The zero-order valence-electron chi connectivity index (χ0n) is 13.7. The second-order valence-electron chi connectivity index (χ2n) is 6.03. The molecule has 0 bridgehead atoms. The summed E-state index contributed by atoms with van der Waals surface area (Å²) in [5.41, 5.74) is 4.93. The maximum Gasteiger partial charge on any atom is 0.285 e. The predicted octanol–water partition coefficient (Wildman–Crippen LogP) is 3.57. The van der Waals surface area contributed by atoms with E-state index < -0.39 is 0 Å². The molecule has 6 heteroatoms. The zero-order valence-corrected chi connectivity index (χ0v) is 14.5. The second-order valence-corrected chi connectivity index (χ2v) is 7.21. The summed E-state index contributed by atoms with van der Waals surface area (Å²) >= 11 is 1.35. The molecule has 0 saturated carbocycles. The molecule has 122 valence electrons. The zero-order chi connectivity index (χ0) is 16.7. The number of carbonyl (C=O) groups excluding carboxylic acids is 1. The van der Waals surface area contributed by atoms with E-state index in [1.807, 2.05) is 17.9 Å². The third kappa shape index (κ3) is 2.53. The number of para-hydroxylation sites is 1. The van der Waals surface area contributed by atoms with Crippen LogP contribution in [0.4, 0.5) is 0 Å². The largest absolute Gasteiger partial charge is 0.358 e. The molecule has 4 rings (SSSR count). The molecule has 1 aliphatic rings. The van der Waals surface area contributed by atoms with Crippen LogP contribution in [0.25, 0.3) is 16.5 Å². The van der Waals surface area contributed by atoms with Gasteiger partial charge in [0, 0.05) is 35.2 Å². The molecule has 0 saturated heterocycles. The first-order valence-electron chi connectivity index (χ1n) is 7.99. The molecule has 1 amide bonds. The van der Waals surface area contributed by atoms with Crippen molar-refractivity contribution in [3.05, 3.63) is 51.6 Å². The first kappa shape index (κ1) is 15.1. The number of aromatic nitrogens is 3. The van der Waals surface area contributed by atoms with Gasteiger partial charge in [-0.1, -0.05) is 35.6 Å². The molecule has 0 unspecified atom stereocenters. The minimum atomic E-state index is -0.0217. The van der Waals surface area contributed by atoms with E-state index in [-0.39, 0.29) is 5.91 Å². The van der Waals surface area contributed by atoms with Crippen molar-refractivity contribution in [1.82, 2.24) is 20.1 Å². The van der Waals surface area contributed by atoms with Gasteiger partial charge in [-0.3, -0.25) is 4.79 Å². The van der Waals surface area contributed by atoms with Gasteiger partial charge in [0.05, 0.1) is 0 Å². The SMILES string of the molecule is Cc1nnc(C(=O)N2CC=C(c3c(C)[nH]c4ccccc34)CC2)s1. The van der Waals surface area contributed by atoms with Gasteiger partial charge < -0.3 is 9.88 Å². The van der Waals surface area contributed by atoms with Gasteiger partial charge in [-0.25, -0.2) is 0 Å². The van der Waals surface area contributed by atoms with E-state index in [0.29, 0.717) is 18.1 Å². The van der Waals surface area contributed by atoms with E-state index in [4.69, 9.17) is 0 Å². The smallest absolute Gasteiger partial charge is 0.285 e. The van der Waals surface area contributed by atoms with E-state index in [2.05, 4.69) is 46.4 Å². The molecule has 1 aliphatic heterocycles. The summed E-state index contributed by atoms with van der Waals surface area (Å²) < 4.78 is 0. The van der Waals surface area contributed by atoms with E-state index in [1.54, 1.807) is 0 Å². The van der Waals surface area contributed by atoms with Crippen molar-refractivity contribution in [2.24, 2.45) is 0 Å². The van der Waals surface area contributed by atoms with Crippen LogP contribution < -0.4 is 0 Å². The fourth-order valence-electron chi connectivity index (χ4n) is 3.29. The van der Waals surface area contributed by atoms with Crippen LogP contribution in [0.3, 0.4) is 0 Å². The fraction of sp³-hybridized carbons (Fsp3) is 0.278. The number of amides is 1. The number of fused-ring (bicyclic) bond motifs is 1. The third-order valence-corrected chi connectivity index (χ3v) is 5.25. The summed E-state index contributed by atoms with van der Waals surface area (Å²) in [4.78, 5) is 17.8. The molecule has 5 nitrogen and oxygen atoms in total. The lowest BCUT2D eigenvalue weighted by Crippen LogP contribution is -2.34. The second kappa shape index (κ2) is 5.87. The quantitative estimate of drug-likeness (QED) is 0.777. The number of benzene rings is 1. The molecular weight excluding hydrogens is 320 g/mol. The summed E-state index contributed by atoms with van der Waals surface area (Å²) in [6.07, 6.45) is 3.02. The van der Waals surface area contributed by atoms with Gasteiger partial charge in [-0.2, -0.15) is 0 Å². The summed E-state index contributed by atoms with van der Waals surface area (Å²) in [6.45, 7) is 5.30. The Kier molecular flexibility index (Phi) is 3.69. The van der Waals surface area contributed by atoms with Crippen LogP contribution in [0.1, 0.15) is 32.5 Å². The van der Waals surface area contributed by atoms with Crippen LogP contribution in [0.2, 0.25) is 0 Å². The standard InChI is InChI=1S/C18H18N4OS/c1-11-16(14-5-3-4-6-15(14)19-11)13-7-9-22(10-8-13)18(23)17-21-20-12(2)24-17/h3-7,19H,8-10H2,1-2H3. The molecule has 0 atom stereocenters. The van der Waals surface area contributed by atoms with E-state index in [9.17, 15) is 4.79 Å².